The molecule has 0 saturated carbocycles. The molecular weight excluding hydrogens is 412 g/mol. The van der Waals surface area contributed by atoms with Gasteiger partial charge in [0.2, 0.25) is 5.91 Å². The van der Waals surface area contributed by atoms with Gasteiger partial charge in [-0.2, -0.15) is 0 Å². The molecule has 6 nitrogen and oxygen atoms in total. The maximum Gasteiger partial charge on any atom is 0.289 e. The van der Waals surface area contributed by atoms with Gasteiger partial charge in [-0.3, -0.25) is 9.59 Å². The molecule has 2 heterocycles. The summed E-state index contributed by atoms with van der Waals surface area (Å²) in [6.07, 6.45) is 1.56. The van der Waals surface area contributed by atoms with Crippen LogP contribution in [0.4, 0.5) is 0 Å². The van der Waals surface area contributed by atoms with Crippen molar-refractivity contribution in [3.8, 4) is 5.75 Å². The maximum atomic E-state index is 12.6. The van der Waals surface area contributed by atoms with Crippen molar-refractivity contribution in [2.75, 3.05) is 20.1 Å². The number of amides is 2. The Labute approximate surface area is 167 Å². The Balaban J connectivity index is 1.53. The van der Waals surface area contributed by atoms with Gasteiger partial charge in [0, 0.05) is 37.6 Å². The minimum Gasteiger partial charge on any atom is -0.486 e. The molecule has 27 heavy (non-hydrogen) atoms. The highest BCUT2D eigenvalue weighted by atomic mass is 79.9. The van der Waals surface area contributed by atoms with E-state index in [0.717, 1.165) is 23.1 Å². The number of hydrogen-bond acceptors (Lipinski definition) is 4. The molecule has 1 aromatic carbocycles. The fourth-order valence-corrected chi connectivity index (χ4v) is 3.53. The van der Waals surface area contributed by atoms with Crippen LogP contribution in [-0.2, 0) is 11.4 Å². The lowest BCUT2D eigenvalue weighted by Crippen LogP contribution is -2.46. The van der Waals surface area contributed by atoms with E-state index in [2.05, 4.69) is 15.9 Å². The van der Waals surface area contributed by atoms with Gasteiger partial charge in [0.25, 0.3) is 5.91 Å². The molecule has 1 aliphatic rings. The highest BCUT2D eigenvalue weighted by Gasteiger charge is 2.28. The number of ether oxygens (including phenoxy) is 1. The first-order chi connectivity index (χ1) is 12.9. The lowest BCUT2D eigenvalue weighted by molar-refractivity contribution is -0.130. The Morgan fingerprint density at radius 3 is 2.67 bits per heavy atom. The number of hydrogen-bond donors (Lipinski definition) is 0. The van der Waals surface area contributed by atoms with E-state index >= 15 is 0 Å². The molecule has 3 rings (SSSR count). The maximum absolute atomic E-state index is 12.6. The normalized spacial score (nSPS) is 14.9. The Morgan fingerprint density at radius 2 is 2.00 bits per heavy atom. The van der Waals surface area contributed by atoms with Crippen molar-refractivity contribution in [3.05, 3.63) is 52.4 Å². The summed E-state index contributed by atoms with van der Waals surface area (Å²) in [6, 6.07) is 11.2. The molecule has 1 aromatic heterocycles. The highest BCUT2D eigenvalue weighted by molar-refractivity contribution is 9.10. The Kier molecular flexibility index (Phi) is 6.21. The Hall–Kier alpha value is -2.28. The fourth-order valence-electron chi connectivity index (χ4n) is 3.15. The molecule has 2 amide bonds. The zero-order valence-electron chi connectivity index (χ0n) is 15.5. The van der Waals surface area contributed by atoms with E-state index in [1.54, 1.807) is 28.9 Å². The molecule has 0 bridgehead atoms. The van der Waals surface area contributed by atoms with Crippen LogP contribution in [0, 0.1) is 0 Å². The first kappa shape index (κ1) is 19.5. The number of benzene rings is 1. The number of rotatable bonds is 5. The molecular formula is C20H23BrN2O4. The van der Waals surface area contributed by atoms with Crippen LogP contribution >= 0.6 is 15.9 Å². The van der Waals surface area contributed by atoms with Gasteiger partial charge < -0.3 is 19.0 Å². The summed E-state index contributed by atoms with van der Waals surface area (Å²) in [5.41, 5.74) is 0. The standard InChI is InChI=1S/C20H23BrN2O4/c1-14(24)22(2)16-8-10-23(11-9-16)20(25)19-7-6-18(27-19)13-26-17-5-3-4-15(21)12-17/h3-7,12,16H,8-11,13H2,1-2H3. The second-order valence-electron chi connectivity index (χ2n) is 6.67. The van der Waals surface area contributed by atoms with E-state index < -0.39 is 0 Å². The van der Waals surface area contributed by atoms with E-state index in [-0.39, 0.29) is 24.5 Å². The minimum absolute atomic E-state index is 0.0564. The predicted molar refractivity (Wildman–Crippen MR) is 105 cm³/mol. The molecule has 1 aliphatic heterocycles. The summed E-state index contributed by atoms with van der Waals surface area (Å²) in [4.78, 5) is 27.7. The second-order valence-corrected chi connectivity index (χ2v) is 7.58. The van der Waals surface area contributed by atoms with Gasteiger partial charge in [0.05, 0.1) is 0 Å². The van der Waals surface area contributed by atoms with Gasteiger partial charge >= 0.3 is 0 Å². The fraction of sp³-hybridized carbons (Fsp3) is 0.400. The van der Waals surface area contributed by atoms with Gasteiger partial charge in [-0.25, -0.2) is 0 Å². The third-order valence-corrected chi connectivity index (χ3v) is 5.34. The van der Waals surface area contributed by atoms with Crippen LogP contribution in [-0.4, -0.2) is 47.8 Å². The van der Waals surface area contributed by atoms with Crippen molar-refractivity contribution >= 4 is 27.7 Å². The zero-order valence-corrected chi connectivity index (χ0v) is 17.1. The molecule has 0 radical (unpaired) electrons. The van der Waals surface area contributed by atoms with Gasteiger partial charge in [0.1, 0.15) is 18.1 Å². The van der Waals surface area contributed by atoms with Crippen molar-refractivity contribution < 1.29 is 18.7 Å². The number of halogens is 1. The minimum atomic E-state index is -0.118. The lowest BCUT2D eigenvalue weighted by Gasteiger charge is -2.36. The molecule has 1 fully saturated rings. The van der Waals surface area contributed by atoms with Gasteiger partial charge in [-0.15, -0.1) is 0 Å². The molecule has 1 saturated heterocycles. The first-order valence-corrected chi connectivity index (χ1v) is 9.73. The van der Waals surface area contributed by atoms with E-state index in [1.165, 1.54) is 0 Å². The molecule has 0 spiro atoms. The van der Waals surface area contributed by atoms with Crippen LogP contribution in [0.3, 0.4) is 0 Å². The smallest absolute Gasteiger partial charge is 0.289 e. The zero-order chi connectivity index (χ0) is 19.4. The summed E-state index contributed by atoms with van der Waals surface area (Å²) in [7, 11) is 1.81. The van der Waals surface area contributed by atoms with Gasteiger partial charge in [-0.05, 0) is 43.2 Å². The summed E-state index contributed by atoms with van der Waals surface area (Å²) < 4.78 is 12.3. The van der Waals surface area contributed by atoms with Crippen LogP contribution in [0.2, 0.25) is 0 Å². The monoisotopic (exact) mass is 434 g/mol. The highest BCUT2D eigenvalue weighted by Crippen LogP contribution is 2.21. The van der Waals surface area contributed by atoms with Crippen molar-refractivity contribution in [3.63, 3.8) is 0 Å². The van der Waals surface area contributed by atoms with E-state index in [0.29, 0.717) is 24.6 Å². The van der Waals surface area contributed by atoms with Crippen LogP contribution in [0.5, 0.6) is 5.75 Å². The Bertz CT molecular complexity index is 812. The van der Waals surface area contributed by atoms with Crippen LogP contribution in [0.25, 0.3) is 0 Å². The summed E-state index contributed by atoms with van der Waals surface area (Å²) in [6.45, 7) is 3.06. The van der Waals surface area contributed by atoms with E-state index in [1.807, 2.05) is 31.3 Å². The third kappa shape index (κ3) is 4.91. The van der Waals surface area contributed by atoms with Gasteiger partial charge in [0.15, 0.2) is 5.76 Å². The molecule has 0 unspecified atom stereocenters. The number of piperidine rings is 1. The Morgan fingerprint density at radius 1 is 1.26 bits per heavy atom. The summed E-state index contributed by atoms with van der Waals surface area (Å²) >= 11 is 3.40. The van der Waals surface area contributed by atoms with E-state index in [9.17, 15) is 9.59 Å². The molecule has 144 valence electrons. The summed E-state index contributed by atoms with van der Waals surface area (Å²) in [5, 5.41) is 0. The molecule has 0 N–H and O–H groups in total. The second kappa shape index (κ2) is 8.61. The van der Waals surface area contributed by atoms with Crippen molar-refractivity contribution in [2.24, 2.45) is 0 Å². The quantitative estimate of drug-likeness (QED) is 0.719. The van der Waals surface area contributed by atoms with Crippen molar-refractivity contribution in [1.29, 1.82) is 0 Å². The first-order valence-electron chi connectivity index (χ1n) is 8.94. The van der Waals surface area contributed by atoms with Gasteiger partial charge in [-0.1, -0.05) is 22.0 Å². The van der Waals surface area contributed by atoms with Crippen LogP contribution < -0.4 is 4.74 Å². The topological polar surface area (TPSA) is 63.0 Å². The van der Waals surface area contributed by atoms with Crippen molar-refractivity contribution in [2.45, 2.75) is 32.4 Å². The molecule has 0 atom stereocenters. The number of carbonyl (C=O) groups excluding carboxylic acids is 2. The SMILES string of the molecule is CC(=O)N(C)C1CCN(C(=O)c2ccc(COc3cccc(Br)c3)o2)CC1. The van der Waals surface area contributed by atoms with E-state index in [4.69, 9.17) is 9.15 Å². The molecule has 0 aliphatic carbocycles. The third-order valence-electron chi connectivity index (χ3n) is 4.85. The van der Waals surface area contributed by atoms with Crippen LogP contribution in [0.15, 0.2) is 45.3 Å². The van der Waals surface area contributed by atoms with Crippen molar-refractivity contribution in [1.82, 2.24) is 9.80 Å². The molecule has 7 heteroatoms. The average molecular weight is 435 g/mol. The lowest BCUT2D eigenvalue weighted by atomic mass is 10.0. The predicted octanol–water partition coefficient (Wildman–Crippen LogP) is 3.70. The number of furan rings is 1. The number of carbonyl (C=O) groups is 2. The number of nitrogens with zero attached hydrogens (tertiary/aromatic N) is 2. The summed E-state index contributed by atoms with van der Waals surface area (Å²) in [5.74, 6) is 1.59. The largest absolute Gasteiger partial charge is 0.486 e. The molecule has 2 aromatic rings. The van der Waals surface area contributed by atoms with Crippen LogP contribution in [0.1, 0.15) is 36.1 Å². The average Bonchev–Trinajstić information content (AvgIpc) is 3.14. The number of likely N-dealkylation sites (tertiary alicyclic amines) is 1.